The lowest BCUT2D eigenvalue weighted by molar-refractivity contribution is -0.141. The van der Waals surface area contributed by atoms with Crippen molar-refractivity contribution in [1.29, 1.82) is 0 Å². The van der Waals surface area contributed by atoms with Crippen molar-refractivity contribution in [2.45, 2.75) is 13.3 Å². The molecule has 0 aromatic rings. The molecule has 2 fully saturated rings. The zero-order chi connectivity index (χ0) is 5.78. The quantitative estimate of drug-likeness (QED) is 0.428. The fourth-order valence-corrected chi connectivity index (χ4v) is 1.27. The van der Waals surface area contributed by atoms with Crippen molar-refractivity contribution in [1.82, 2.24) is 0 Å². The first kappa shape index (κ1) is 4.36. The van der Waals surface area contributed by atoms with Gasteiger partial charge in [-0.15, -0.1) is 0 Å². The average Bonchev–Trinajstić information content (AvgIpc) is 2.32. The van der Waals surface area contributed by atoms with Gasteiger partial charge in [0.05, 0.1) is 12.5 Å². The van der Waals surface area contributed by atoms with E-state index in [2.05, 4.69) is 6.92 Å². The van der Waals surface area contributed by atoms with Crippen molar-refractivity contribution in [3.63, 3.8) is 0 Å². The number of carbonyl (C=O) groups is 1. The van der Waals surface area contributed by atoms with Gasteiger partial charge in [-0.25, -0.2) is 0 Å². The molecule has 0 aromatic carbocycles. The van der Waals surface area contributed by atoms with Gasteiger partial charge < -0.3 is 4.74 Å². The topological polar surface area (TPSA) is 26.3 Å². The van der Waals surface area contributed by atoms with Gasteiger partial charge in [0.1, 0.15) is 0 Å². The maximum atomic E-state index is 10.6. The highest BCUT2D eigenvalue weighted by Crippen LogP contribution is 2.56. The number of hydrogen-bond donors (Lipinski definition) is 0. The van der Waals surface area contributed by atoms with Crippen LogP contribution in [0.1, 0.15) is 13.3 Å². The minimum Gasteiger partial charge on any atom is -0.465 e. The summed E-state index contributed by atoms with van der Waals surface area (Å²) in [6.07, 6.45) is 1.06. The molecule has 1 aliphatic heterocycles. The van der Waals surface area contributed by atoms with Gasteiger partial charge in [0.25, 0.3) is 0 Å². The van der Waals surface area contributed by atoms with E-state index in [1.54, 1.807) is 0 Å². The number of rotatable bonds is 0. The molecule has 2 nitrogen and oxygen atoms in total. The first-order valence-corrected chi connectivity index (χ1v) is 2.89. The summed E-state index contributed by atoms with van der Waals surface area (Å²) in [5.74, 6) is 0.287. The van der Waals surface area contributed by atoms with Crippen LogP contribution in [-0.2, 0) is 9.53 Å². The van der Waals surface area contributed by atoms with Crippen LogP contribution in [-0.4, -0.2) is 12.6 Å². The number of cyclic esters (lactones) is 1. The molecule has 2 rings (SSSR count). The molecule has 44 valence electrons. The van der Waals surface area contributed by atoms with Crippen LogP contribution in [0.3, 0.4) is 0 Å². The Morgan fingerprint density at radius 1 is 1.88 bits per heavy atom. The van der Waals surface area contributed by atoms with Gasteiger partial charge in [-0.1, -0.05) is 6.92 Å². The van der Waals surface area contributed by atoms with Gasteiger partial charge in [-0.2, -0.15) is 0 Å². The Bertz CT molecular complexity index is 153. The molecular weight excluding hydrogens is 104 g/mol. The second-order valence-corrected chi connectivity index (χ2v) is 3.02. The predicted molar refractivity (Wildman–Crippen MR) is 27.2 cm³/mol. The van der Waals surface area contributed by atoms with E-state index in [0.717, 1.165) is 6.42 Å². The maximum absolute atomic E-state index is 10.6. The van der Waals surface area contributed by atoms with E-state index in [1.807, 2.05) is 0 Å². The standard InChI is InChI=1S/C6H8O2/c1-6-2-4(6)5(7)8-3-6/h4H,2-3H2,1H3/t4-,6+/m0/s1. The Morgan fingerprint density at radius 3 is 2.75 bits per heavy atom. The summed E-state index contributed by atoms with van der Waals surface area (Å²) in [6.45, 7) is 2.76. The number of esters is 1. The van der Waals surface area contributed by atoms with Crippen molar-refractivity contribution >= 4 is 5.97 Å². The predicted octanol–water partition coefficient (Wildman–Crippen LogP) is 0.569. The maximum Gasteiger partial charge on any atom is 0.309 e. The first-order chi connectivity index (χ1) is 3.72. The second-order valence-electron chi connectivity index (χ2n) is 3.02. The lowest BCUT2D eigenvalue weighted by atomic mass is 10.1. The highest BCUT2D eigenvalue weighted by molar-refractivity contribution is 5.79. The van der Waals surface area contributed by atoms with Crippen LogP contribution in [0.4, 0.5) is 0 Å². The fourth-order valence-electron chi connectivity index (χ4n) is 1.27. The van der Waals surface area contributed by atoms with Crippen LogP contribution in [0.25, 0.3) is 0 Å². The molecular formula is C6H8O2. The van der Waals surface area contributed by atoms with Crippen LogP contribution in [0, 0.1) is 11.3 Å². The molecule has 1 saturated heterocycles. The van der Waals surface area contributed by atoms with Gasteiger partial charge in [0.2, 0.25) is 0 Å². The molecule has 2 aliphatic rings. The molecule has 0 unspecified atom stereocenters. The molecule has 1 heterocycles. The van der Waals surface area contributed by atoms with Crippen molar-refractivity contribution in [3.05, 3.63) is 0 Å². The van der Waals surface area contributed by atoms with Crippen LogP contribution >= 0.6 is 0 Å². The van der Waals surface area contributed by atoms with Gasteiger partial charge >= 0.3 is 5.97 Å². The summed E-state index contributed by atoms with van der Waals surface area (Å²) in [4.78, 5) is 10.6. The lowest BCUT2D eigenvalue weighted by Crippen LogP contribution is -1.99. The summed E-state index contributed by atoms with van der Waals surface area (Å²) in [5, 5.41) is 0. The third kappa shape index (κ3) is 0.320. The average molecular weight is 112 g/mol. The van der Waals surface area contributed by atoms with E-state index in [4.69, 9.17) is 4.74 Å². The molecule has 0 bridgehead atoms. The first-order valence-electron chi connectivity index (χ1n) is 2.89. The third-order valence-corrected chi connectivity index (χ3v) is 2.18. The van der Waals surface area contributed by atoms with Crippen molar-refractivity contribution in [2.24, 2.45) is 11.3 Å². The molecule has 0 radical (unpaired) electrons. The van der Waals surface area contributed by atoms with Crippen molar-refractivity contribution in [2.75, 3.05) is 6.61 Å². The number of hydrogen-bond acceptors (Lipinski definition) is 2. The number of fused-ring (bicyclic) bond motifs is 1. The summed E-state index contributed by atoms with van der Waals surface area (Å²) >= 11 is 0. The van der Waals surface area contributed by atoms with Gasteiger partial charge in [-0.05, 0) is 6.42 Å². The van der Waals surface area contributed by atoms with E-state index in [0.29, 0.717) is 6.61 Å². The molecule has 0 N–H and O–H groups in total. The third-order valence-electron chi connectivity index (χ3n) is 2.18. The Labute approximate surface area is 47.8 Å². The van der Waals surface area contributed by atoms with Crippen LogP contribution in [0.2, 0.25) is 0 Å². The molecule has 2 heteroatoms. The molecule has 0 spiro atoms. The Balaban J connectivity index is 2.26. The summed E-state index contributed by atoms with van der Waals surface area (Å²) < 4.78 is 4.78. The summed E-state index contributed by atoms with van der Waals surface area (Å²) in [6, 6.07) is 0. The van der Waals surface area contributed by atoms with Crippen molar-refractivity contribution in [3.8, 4) is 0 Å². The molecule has 0 aromatic heterocycles. The smallest absolute Gasteiger partial charge is 0.309 e. The normalized spacial score (nSPS) is 50.6. The van der Waals surface area contributed by atoms with Crippen LogP contribution in [0.15, 0.2) is 0 Å². The lowest BCUT2D eigenvalue weighted by Gasteiger charge is -1.97. The van der Waals surface area contributed by atoms with E-state index in [-0.39, 0.29) is 17.3 Å². The van der Waals surface area contributed by atoms with E-state index >= 15 is 0 Å². The highest BCUT2D eigenvalue weighted by Gasteiger charge is 2.61. The number of carbonyl (C=O) groups excluding carboxylic acids is 1. The molecule has 8 heavy (non-hydrogen) atoms. The zero-order valence-electron chi connectivity index (χ0n) is 4.81. The minimum absolute atomic E-state index is 0.0208. The zero-order valence-corrected chi connectivity index (χ0v) is 4.81. The largest absolute Gasteiger partial charge is 0.465 e. The molecule has 1 saturated carbocycles. The summed E-state index contributed by atoms with van der Waals surface area (Å²) in [7, 11) is 0. The monoisotopic (exact) mass is 112 g/mol. The van der Waals surface area contributed by atoms with E-state index in [1.165, 1.54) is 0 Å². The highest BCUT2D eigenvalue weighted by atomic mass is 16.5. The molecule has 0 amide bonds. The van der Waals surface area contributed by atoms with E-state index in [9.17, 15) is 4.79 Å². The minimum atomic E-state index is 0.0208. The number of ether oxygens (including phenoxy) is 1. The SMILES string of the molecule is C[C@@]12COC(=O)[C@@H]1C2. The Kier molecular flexibility index (Phi) is 0.504. The fraction of sp³-hybridized carbons (Fsp3) is 0.833. The van der Waals surface area contributed by atoms with Crippen LogP contribution < -0.4 is 0 Å². The Morgan fingerprint density at radius 2 is 2.62 bits per heavy atom. The second kappa shape index (κ2) is 0.925. The summed E-state index contributed by atoms with van der Waals surface area (Å²) in [5.41, 5.74) is 0.261. The van der Waals surface area contributed by atoms with Crippen LogP contribution in [0.5, 0.6) is 0 Å². The van der Waals surface area contributed by atoms with Gasteiger partial charge in [0.15, 0.2) is 0 Å². The van der Waals surface area contributed by atoms with Gasteiger partial charge in [0, 0.05) is 5.41 Å². The molecule has 2 atom stereocenters. The Hall–Kier alpha value is -0.530. The molecule has 1 aliphatic carbocycles. The van der Waals surface area contributed by atoms with E-state index < -0.39 is 0 Å². The van der Waals surface area contributed by atoms with Crippen molar-refractivity contribution < 1.29 is 9.53 Å². The van der Waals surface area contributed by atoms with Gasteiger partial charge in [-0.3, -0.25) is 4.79 Å².